The number of aromatic nitrogens is 2. The van der Waals surface area contributed by atoms with E-state index in [2.05, 4.69) is 26.1 Å². The number of hydrogen-bond acceptors (Lipinski definition) is 6. The fraction of sp³-hybridized carbons (Fsp3) is 0.304. The lowest BCUT2D eigenvalue weighted by atomic mass is 10.1. The molecule has 1 fully saturated rings. The second-order valence-corrected chi connectivity index (χ2v) is 7.67. The molecule has 4 rings (SSSR count). The van der Waals surface area contributed by atoms with Gasteiger partial charge in [-0.05, 0) is 31.0 Å². The van der Waals surface area contributed by atoms with E-state index in [0.29, 0.717) is 34.8 Å². The second-order valence-electron chi connectivity index (χ2n) is 7.27. The van der Waals surface area contributed by atoms with Crippen LogP contribution in [0.25, 0.3) is 10.9 Å². The molecule has 6 nitrogen and oxygen atoms in total. The highest BCUT2D eigenvalue weighted by Crippen LogP contribution is 2.36. The Morgan fingerprint density at radius 1 is 1.26 bits per heavy atom. The number of nitrogens with one attached hydrogen (secondary N) is 1. The van der Waals surface area contributed by atoms with Gasteiger partial charge in [0.1, 0.15) is 18.2 Å². The van der Waals surface area contributed by atoms with Crippen LogP contribution in [0.5, 0.6) is 11.5 Å². The molecule has 0 bridgehead atoms. The average molecular weight is 441 g/mol. The van der Waals surface area contributed by atoms with Gasteiger partial charge in [0.25, 0.3) is 0 Å². The van der Waals surface area contributed by atoms with Crippen molar-refractivity contribution in [1.82, 2.24) is 14.9 Å². The predicted molar refractivity (Wildman–Crippen MR) is 120 cm³/mol. The number of ether oxygens (including phenoxy) is 2. The van der Waals surface area contributed by atoms with E-state index in [1.165, 1.54) is 12.4 Å². The normalized spacial score (nSPS) is 14.9. The van der Waals surface area contributed by atoms with Crippen LogP contribution in [-0.2, 0) is 0 Å². The maximum Gasteiger partial charge on any atom is 0.165 e. The van der Waals surface area contributed by atoms with E-state index in [-0.39, 0.29) is 16.8 Å². The van der Waals surface area contributed by atoms with Crippen LogP contribution < -0.4 is 14.8 Å². The SMILES string of the molecule is C#CCN1CCC(Oc2cc3c(Nc4cccc(Cl)c4F)ncnc3cc2OC)CC1. The maximum atomic E-state index is 14.4. The van der Waals surface area contributed by atoms with Gasteiger partial charge in [-0.25, -0.2) is 14.4 Å². The summed E-state index contributed by atoms with van der Waals surface area (Å²) in [6, 6.07) is 8.37. The summed E-state index contributed by atoms with van der Waals surface area (Å²) in [5, 5.41) is 3.73. The van der Waals surface area contributed by atoms with E-state index < -0.39 is 5.82 Å². The summed E-state index contributed by atoms with van der Waals surface area (Å²) < 4.78 is 26.2. The molecular weight excluding hydrogens is 419 g/mol. The third kappa shape index (κ3) is 4.66. The van der Waals surface area contributed by atoms with E-state index in [0.717, 1.165) is 25.9 Å². The van der Waals surface area contributed by atoms with Gasteiger partial charge in [0, 0.05) is 24.5 Å². The van der Waals surface area contributed by atoms with Crippen molar-refractivity contribution < 1.29 is 13.9 Å². The number of benzene rings is 2. The van der Waals surface area contributed by atoms with Crippen LogP contribution in [0.15, 0.2) is 36.7 Å². The summed E-state index contributed by atoms with van der Waals surface area (Å²) in [5.74, 6) is 3.76. The fourth-order valence-corrected chi connectivity index (χ4v) is 3.81. The standard InChI is InChI=1S/C23H22ClFN4O2/c1-3-9-29-10-7-15(8-11-29)31-21-12-16-19(13-20(21)30-2)26-14-27-23(16)28-18-6-4-5-17(24)22(18)25/h1,4-6,12-15H,7-11H2,2H3,(H,26,27,28). The molecule has 1 aliphatic rings. The minimum absolute atomic E-state index is 0.0326. The van der Waals surface area contributed by atoms with Gasteiger partial charge in [0.2, 0.25) is 0 Å². The van der Waals surface area contributed by atoms with Crippen LogP contribution in [0.4, 0.5) is 15.9 Å². The van der Waals surface area contributed by atoms with Crippen molar-refractivity contribution in [1.29, 1.82) is 0 Å². The zero-order valence-corrected chi connectivity index (χ0v) is 17.8. The number of methoxy groups -OCH3 is 1. The van der Waals surface area contributed by atoms with E-state index in [1.54, 1.807) is 25.3 Å². The van der Waals surface area contributed by atoms with E-state index in [4.69, 9.17) is 27.5 Å². The Balaban J connectivity index is 1.63. The minimum Gasteiger partial charge on any atom is -0.493 e. The molecule has 0 unspecified atom stereocenters. The molecule has 8 heteroatoms. The van der Waals surface area contributed by atoms with Gasteiger partial charge in [-0.2, -0.15) is 0 Å². The second kappa shape index (κ2) is 9.38. The highest BCUT2D eigenvalue weighted by molar-refractivity contribution is 6.31. The lowest BCUT2D eigenvalue weighted by Crippen LogP contribution is -2.38. The number of likely N-dealkylation sites (tertiary alicyclic amines) is 1. The fourth-order valence-electron chi connectivity index (χ4n) is 3.64. The molecule has 1 saturated heterocycles. The van der Waals surface area contributed by atoms with Crippen molar-refractivity contribution in [2.24, 2.45) is 0 Å². The molecule has 1 aliphatic heterocycles. The molecule has 1 aromatic heterocycles. The van der Waals surface area contributed by atoms with Gasteiger partial charge in [-0.3, -0.25) is 4.90 Å². The number of halogens is 2. The molecule has 0 saturated carbocycles. The molecule has 1 N–H and O–H groups in total. The number of rotatable bonds is 6. The Hall–Kier alpha value is -3.08. The van der Waals surface area contributed by atoms with Crippen LogP contribution in [0, 0.1) is 18.2 Å². The number of anilines is 2. The van der Waals surface area contributed by atoms with E-state index in [1.807, 2.05) is 6.07 Å². The quantitative estimate of drug-likeness (QED) is 0.563. The van der Waals surface area contributed by atoms with Crippen LogP contribution in [0.2, 0.25) is 5.02 Å². The third-order valence-corrected chi connectivity index (χ3v) is 5.56. The van der Waals surface area contributed by atoms with Crippen molar-refractivity contribution in [3.05, 3.63) is 47.5 Å². The van der Waals surface area contributed by atoms with Gasteiger partial charge < -0.3 is 14.8 Å². The third-order valence-electron chi connectivity index (χ3n) is 5.27. The Kier molecular flexibility index (Phi) is 6.40. The van der Waals surface area contributed by atoms with E-state index in [9.17, 15) is 4.39 Å². The molecule has 0 spiro atoms. The summed E-state index contributed by atoms with van der Waals surface area (Å²) in [6.45, 7) is 2.42. The van der Waals surface area contributed by atoms with Crippen molar-refractivity contribution in [2.45, 2.75) is 18.9 Å². The predicted octanol–water partition coefficient (Wildman–Crippen LogP) is 4.65. The average Bonchev–Trinajstić information content (AvgIpc) is 2.78. The summed E-state index contributed by atoms with van der Waals surface area (Å²) in [7, 11) is 1.59. The number of terminal acetylenes is 1. The Morgan fingerprint density at radius 2 is 2.06 bits per heavy atom. The lowest BCUT2D eigenvalue weighted by molar-refractivity contribution is 0.105. The van der Waals surface area contributed by atoms with Gasteiger partial charge >= 0.3 is 0 Å². The maximum absolute atomic E-state index is 14.4. The van der Waals surface area contributed by atoms with Gasteiger partial charge in [0.05, 0.1) is 29.9 Å². The number of piperidine rings is 1. The molecule has 0 atom stereocenters. The summed E-state index contributed by atoms with van der Waals surface area (Å²) >= 11 is 5.90. The monoisotopic (exact) mass is 440 g/mol. The smallest absolute Gasteiger partial charge is 0.165 e. The first-order chi connectivity index (χ1) is 15.1. The summed E-state index contributed by atoms with van der Waals surface area (Å²) in [4.78, 5) is 10.8. The number of hydrogen-bond donors (Lipinski definition) is 1. The molecule has 2 aromatic carbocycles. The zero-order chi connectivity index (χ0) is 21.8. The number of nitrogens with zero attached hydrogens (tertiary/aromatic N) is 3. The summed E-state index contributed by atoms with van der Waals surface area (Å²) in [5.41, 5.74) is 0.875. The highest BCUT2D eigenvalue weighted by Gasteiger charge is 2.22. The van der Waals surface area contributed by atoms with Crippen molar-refractivity contribution in [3.8, 4) is 23.8 Å². The van der Waals surface area contributed by atoms with Gasteiger partial charge in [0.15, 0.2) is 17.3 Å². The van der Waals surface area contributed by atoms with Crippen LogP contribution >= 0.6 is 11.6 Å². The molecule has 31 heavy (non-hydrogen) atoms. The molecule has 2 heterocycles. The molecule has 3 aromatic rings. The van der Waals surface area contributed by atoms with Crippen LogP contribution in [0.1, 0.15) is 12.8 Å². The topological polar surface area (TPSA) is 59.5 Å². The highest BCUT2D eigenvalue weighted by atomic mass is 35.5. The largest absolute Gasteiger partial charge is 0.493 e. The molecule has 0 radical (unpaired) electrons. The van der Waals surface area contributed by atoms with Crippen LogP contribution in [0.3, 0.4) is 0 Å². The van der Waals surface area contributed by atoms with Crippen LogP contribution in [-0.4, -0.2) is 47.7 Å². The van der Waals surface area contributed by atoms with Gasteiger partial charge in [-0.15, -0.1) is 6.42 Å². The molecule has 160 valence electrons. The Bertz CT molecular complexity index is 1130. The first-order valence-corrected chi connectivity index (χ1v) is 10.3. The molecule has 0 amide bonds. The molecule has 0 aliphatic carbocycles. The van der Waals surface area contributed by atoms with E-state index >= 15 is 0 Å². The van der Waals surface area contributed by atoms with Crippen molar-refractivity contribution in [2.75, 3.05) is 32.1 Å². The Morgan fingerprint density at radius 3 is 2.81 bits per heavy atom. The lowest BCUT2D eigenvalue weighted by Gasteiger charge is -2.31. The van der Waals surface area contributed by atoms with Crippen molar-refractivity contribution in [3.63, 3.8) is 0 Å². The molecular formula is C23H22ClFN4O2. The minimum atomic E-state index is -0.542. The number of fused-ring (bicyclic) bond motifs is 1. The first-order valence-electron chi connectivity index (χ1n) is 9.95. The van der Waals surface area contributed by atoms with Gasteiger partial charge in [-0.1, -0.05) is 23.6 Å². The first kappa shape index (κ1) is 21.2. The Labute approximate surface area is 185 Å². The zero-order valence-electron chi connectivity index (χ0n) is 17.1. The van der Waals surface area contributed by atoms with Crippen molar-refractivity contribution >= 4 is 34.0 Å². The summed E-state index contributed by atoms with van der Waals surface area (Å²) in [6.07, 6.45) is 8.60.